The molecule has 1 aromatic carbocycles. The number of nitrogens with zero attached hydrogens (tertiary/aromatic N) is 1. The Hall–Kier alpha value is -1.55. The highest BCUT2D eigenvalue weighted by Crippen LogP contribution is 2.48. The standard InChI is InChI=1S/C18H25NO3/c1-22-16-9-3-2-6-14(16)7-5-11-19-12-15-8-4-10-18(15,13-19)17(20)21/h2-3,6,9,15H,4-5,7-8,10-13H2,1H3,(H,20,21)/t15-,18+/m0/s1. The number of hydrogen-bond acceptors (Lipinski definition) is 3. The lowest BCUT2D eigenvalue weighted by Crippen LogP contribution is -2.35. The van der Waals surface area contributed by atoms with Gasteiger partial charge in [-0.3, -0.25) is 4.79 Å². The second kappa shape index (κ2) is 6.29. The summed E-state index contributed by atoms with van der Waals surface area (Å²) in [5, 5.41) is 9.62. The maximum Gasteiger partial charge on any atom is 0.311 e. The van der Waals surface area contributed by atoms with Crippen molar-refractivity contribution in [3.8, 4) is 5.75 Å². The van der Waals surface area contributed by atoms with Crippen LogP contribution in [0.2, 0.25) is 0 Å². The molecule has 2 aliphatic rings. The van der Waals surface area contributed by atoms with Crippen LogP contribution in [0.25, 0.3) is 0 Å². The number of carboxylic acid groups (broad SMARTS) is 1. The van der Waals surface area contributed by atoms with Crippen molar-refractivity contribution in [2.75, 3.05) is 26.7 Å². The van der Waals surface area contributed by atoms with Gasteiger partial charge in [-0.15, -0.1) is 0 Å². The van der Waals surface area contributed by atoms with Gasteiger partial charge in [0.15, 0.2) is 0 Å². The Morgan fingerprint density at radius 3 is 3.00 bits per heavy atom. The highest BCUT2D eigenvalue weighted by atomic mass is 16.5. The third-order valence-corrected chi connectivity index (χ3v) is 5.48. The predicted octanol–water partition coefficient (Wildman–Crippen LogP) is 2.81. The summed E-state index contributed by atoms with van der Waals surface area (Å²) in [5.41, 5.74) is 0.780. The maximum absolute atomic E-state index is 11.7. The Labute approximate surface area is 132 Å². The fraction of sp³-hybridized carbons (Fsp3) is 0.611. The molecule has 4 heteroatoms. The van der Waals surface area contributed by atoms with Gasteiger partial charge < -0.3 is 14.7 Å². The van der Waals surface area contributed by atoms with Crippen molar-refractivity contribution in [1.29, 1.82) is 0 Å². The molecule has 0 spiro atoms. The Kier molecular flexibility index (Phi) is 4.39. The summed E-state index contributed by atoms with van der Waals surface area (Å²) in [4.78, 5) is 14.0. The van der Waals surface area contributed by atoms with Gasteiger partial charge in [0.05, 0.1) is 12.5 Å². The molecule has 1 aliphatic carbocycles. The van der Waals surface area contributed by atoms with Crippen LogP contribution < -0.4 is 4.74 Å². The molecule has 1 aliphatic heterocycles. The molecule has 4 nitrogen and oxygen atoms in total. The molecule has 22 heavy (non-hydrogen) atoms. The topological polar surface area (TPSA) is 49.8 Å². The number of aryl methyl sites for hydroxylation is 1. The number of ether oxygens (including phenoxy) is 1. The van der Waals surface area contributed by atoms with E-state index < -0.39 is 11.4 Å². The van der Waals surface area contributed by atoms with Gasteiger partial charge in [-0.25, -0.2) is 0 Å². The van der Waals surface area contributed by atoms with E-state index in [1.54, 1.807) is 7.11 Å². The van der Waals surface area contributed by atoms with Gasteiger partial charge >= 0.3 is 5.97 Å². The lowest BCUT2D eigenvalue weighted by Gasteiger charge is -2.23. The smallest absolute Gasteiger partial charge is 0.311 e. The highest BCUT2D eigenvalue weighted by Gasteiger charge is 2.54. The number of likely N-dealkylation sites (tertiary alicyclic amines) is 1. The number of carbonyl (C=O) groups is 1. The minimum atomic E-state index is -0.581. The molecule has 0 aromatic heterocycles. The van der Waals surface area contributed by atoms with E-state index in [1.807, 2.05) is 18.2 Å². The molecule has 1 heterocycles. The van der Waals surface area contributed by atoms with E-state index >= 15 is 0 Å². The third-order valence-electron chi connectivity index (χ3n) is 5.48. The van der Waals surface area contributed by atoms with Crippen molar-refractivity contribution in [3.63, 3.8) is 0 Å². The summed E-state index contributed by atoms with van der Waals surface area (Å²) in [6.45, 7) is 2.67. The van der Waals surface area contributed by atoms with Crippen LogP contribution in [0.4, 0.5) is 0 Å². The SMILES string of the molecule is COc1ccccc1CCCN1C[C@@H]2CCC[C@@]2(C(=O)O)C1. The molecule has 0 radical (unpaired) electrons. The molecule has 0 bridgehead atoms. The number of methoxy groups -OCH3 is 1. The number of carboxylic acids is 1. The summed E-state index contributed by atoms with van der Waals surface area (Å²) in [5.74, 6) is 0.723. The van der Waals surface area contributed by atoms with E-state index in [-0.39, 0.29) is 0 Å². The van der Waals surface area contributed by atoms with E-state index in [0.717, 1.165) is 57.5 Å². The first-order valence-corrected chi connectivity index (χ1v) is 8.23. The van der Waals surface area contributed by atoms with Crippen LogP contribution in [-0.2, 0) is 11.2 Å². The van der Waals surface area contributed by atoms with Gasteiger partial charge in [-0.05, 0) is 49.8 Å². The average Bonchev–Trinajstić information content (AvgIpc) is 3.05. The fourth-order valence-electron chi connectivity index (χ4n) is 4.32. The largest absolute Gasteiger partial charge is 0.496 e. The van der Waals surface area contributed by atoms with Crippen LogP contribution in [0, 0.1) is 11.3 Å². The summed E-state index contributed by atoms with van der Waals surface area (Å²) in [6.07, 6.45) is 5.03. The molecule has 1 saturated carbocycles. The molecule has 0 amide bonds. The molecule has 2 fully saturated rings. The van der Waals surface area contributed by atoms with Crippen LogP contribution in [0.5, 0.6) is 5.75 Å². The number of rotatable bonds is 6. The third kappa shape index (κ3) is 2.72. The molecule has 120 valence electrons. The molecule has 1 saturated heterocycles. The van der Waals surface area contributed by atoms with Gasteiger partial charge in [0, 0.05) is 13.1 Å². The zero-order chi connectivity index (χ0) is 15.6. The van der Waals surface area contributed by atoms with E-state index in [9.17, 15) is 9.90 Å². The maximum atomic E-state index is 11.7. The quantitative estimate of drug-likeness (QED) is 0.878. The van der Waals surface area contributed by atoms with Crippen LogP contribution >= 0.6 is 0 Å². The molecular formula is C18H25NO3. The second-order valence-electron chi connectivity index (χ2n) is 6.70. The van der Waals surface area contributed by atoms with Crippen molar-refractivity contribution in [2.45, 2.75) is 32.1 Å². The highest BCUT2D eigenvalue weighted by molar-refractivity contribution is 5.76. The Morgan fingerprint density at radius 2 is 2.27 bits per heavy atom. The average molecular weight is 303 g/mol. The summed E-state index contributed by atoms with van der Waals surface area (Å²) in [6, 6.07) is 8.13. The van der Waals surface area contributed by atoms with E-state index in [1.165, 1.54) is 5.56 Å². The second-order valence-corrected chi connectivity index (χ2v) is 6.70. The van der Waals surface area contributed by atoms with Crippen molar-refractivity contribution in [2.24, 2.45) is 11.3 Å². The predicted molar refractivity (Wildman–Crippen MR) is 85.2 cm³/mol. The van der Waals surface area contributed by atoms with Crippen LogP contribution in [0.3, 0.4) is 0 Å². The summed E-state index contributed by atoms with van der Waals surface area (Å²) >= 11 is 0. The lowest BCUT2D eigenvalue weighted by atomic mass is 9.81. The summed E-state index contributed by atoms with van der Waals surface area (Å²) < 4.78 is 5.38. The summed E-state index contributed by atoms with van der Waals surface area (Å²) in [7, 11) is 1.71. The van der Waals surface area contributed by atoms with Crippen molar-refractivity contribution < 1.29 is 14.6 Å². The van der Waals surface area contributed by atoms with Crippen molar-refractivity contribution in [3.05, 3.63) is 29.8 Å². The van der Waals surface area contributed by atoms with E-state index in [4.69, 9.17) is 4.74 Å². The fourth-order valence-corrected chi connectivity index (χ4v) is 4.32. The minimum absolute atomic E-state index is 0.358. The molecule has 0 unspecified atom stereocenters. The van der Waals surface area contributed by atoms with Crippen LogP contribution in [0.15, 0.2) is 24.3 Å². The van der Waals surface area contributed by atoms with Crippen LogP contribution in [0.1, 0.15) is 31.2 Å². The molecule has 1 N–H and O–H groups in total. The monoisotopic (exact) mass is 303 g/mol. The van der Waals surface area contributed by atoms with Crippen molar-refractivity contribution >= 4 is 5.97 Å². The van der Waals surface area contributed by atoms with Gasteiger partial charge in [0.25, 0.3) is 0 Å². The first-order valence-electron chi connectivity index (χ1n) is 8.23. The number of fused-ring (bicyclic) bond motifs is 1. The van der Waals surface area contributed by atoms with E-state index in [2.05, 4.69) is 11.0 Å². The zero-order valence-electron chi connectivity index (χ0n) is 13.3. The molecule has 2 atom stereocenters. The molecule has 1 aromatic rings. The van der Waals surface area contributed by atoms with E-state index in [0.29, 0.717) is 5.92 Å². The first-order chi connectivity index (χ1) is 10.7. The van der Waals surface area contributed by atoms with Gasteiger partial charge in [-0.1, -0.05) is 24.6 Å². The Balaban J connectivity index is 1.54. The first kappa shape index (κ1) is 15.3. The number of benzene rings is 1. The lowest BCUT2D eigenvalue weighted by molar-refractivity contribution is -0.149. The van der Waals surface area contributed by atoms with Gasteiger partial charge in [0.2, 0.25) is 0 Å². The molecular weight excluding hydrogens is 278 g/mol. The number of para-hydroxylation sites is 1. The number of hydrogen-bond donors (Lipinski definition) is 1. The Bertz CT molecular complexity index is 545. The van der Waals surface area contributed by atoms with Crippen LogP contribution in [-0.4, -0.2) is 42.7 Å². The number of aliphatic carboxylic acids is 1. The van der Waals surface area contributed by atoms with Gasteiger partial charge in [0.1, 0.15) is 5.75 Å². The van der Waals surface area contributed by atoms with Crippen molar-refractivity contribution in [1.82, 2.24) is 4.90 Å². The molecule has 3 rings (SSSR count). The zero-order valence-corrected chi connectivity index (χ0v) is 13.3. The Morgan fingerprint density at radius 1 is 1.45 bits per heavy atom. The van der Waals surface area contributed by atoms with Gasteiger partial charge in [-0.2, -0.15) is 0 Å². The minimum Gasteiger partial charge on any atom is -0.496 e. The normalized spacial score (nSPS) is 27.8.